The van der Waals surface area contributed by atoms with Gasteiger partial charge in [-0.1, -0.05) is 71.1 Å². The fraction of sp³-hybridized carbons (Fsp3) is 1.00. The van der Waals surface area contributed by atoms with Crippen LogP contribution in [0, 0.1) is 5.41 Å². The van der Waals surface area contributed by atoms with E-state index in [-0.39, 0.29) is 13.2 Å². The highest BCUT2D eigenvalue weighted by Gasteiger charge is 2.42. The van der Waals surface area contributed by atoms with E-state index in [9.17, 15) is 4.57 Å². The van der Waals surface area contributed by atoms with Crippen molar-refractivity contribution in [3.8, 4) is 0 Å². The third-order valence-corrected chi connectivity index (χ3v) is 8.58. The van der Waals surface area contributed by atoms with E-state index in [1.165, 1.54) is 51.4 Å². The Hall–Kier alpha value is -0.0500. The van der Waals surface area contributed by atoms with E-state index >= 15 is 0 Å². The maximum atomic E-state index is 13.2. The molecule has 0 saturated carbocycles. The molecule has 0 aromatic heterocycles. The SMILES string of the molecule is CCCCCCCCCCCCC1([C@@H](C)OP(=O)(OCC)OCC)COCCOCCCOCCOC1. The predicted octanol–water partition coefficient (Wildman–Crippen LogP) is 7.34. The third kappa shape index (κ3) is 16.6. The molecule has 1 heterocycles. The predicted molar refractivity (Wildman–Crippen MR) is 148 cm³/mol. The van der Waals surface area contributed by atoms with Crippen molar-refractivity contribution in [3.05, 3.63) is 0 Å². The molecule has 222 valence electrons. The minimum absolute atomic E-state index is 0.247. The average Bonchev–Trinajstić information content (AvgIpc) is 2.87. The average molecular weight is 553 g/mol. The highest BCUT2D eigenvalue weighted by atomic mass is 31.2. The number of rotatable bonds is 18. The molecule has 1 fully saturated rings. The second-order valence-electron chi connectivity index (χ2n) is 10.0. The summed E-state index contributed by atoms with van der Waals surface area (Å²) in [6, 6.07) is 0. The van der Waals surface area contributed by atoms with E-state index < -0.39 is 19.3 Å². The van der Waals surface area contributed by atoms with E-state index in [1.807, 2.05) is 6.92 Å². The van der Waals surface area contributed by atoms with Gasteiger partial charge in [-0.2, -0.15) is 0 Å². The molecule has 0 aromatic carbocycles. The molecule has 0 spiro atoms. The highest BCUT2D eigenvalue weighted by Crippen LogP contribution is 2.53. The summed E-state index contributed by atoms with van der Waals surface area (Å²) in [7, 11) is -3.68. The summed E-state index contributed by atoms with van der Waals surface area (Å²) in [5.74, 6) is 0. The molecule has 1 rings (SSSR count). The van der Waals surface area contributed by atoms with Crippen LogP contribution in [-0.4, -0.2) is 72.2 Å². The third-order valence-electron chi connectivity index (χ3n) is 6.85. The molecule has 0 N–H and O–H groups in total. The van der Waals surface area contributed by atoms with Crippen molar-refractivity contribution in [1.29, 1.82) is 0 Å². The zero-order valence-corrected chi connectivity index (χ0v) is 25.2. The van der Waals surface area contributed by atoms with Crippen LogP contribution >= 0.6 is 7.82 Å². The molecule has 0 unspecified atom stereocenters. The molecule has 0 aromatic rings. The lowest BCUT2D eigenvalue weighted by Gasteiger charge is -2.39. The number of phosphoric ester groups is 1. The first-order valence-corrected chi connectivity index (χ1v) is 16.4. The van der Waals surface area contributed by atoms with Crippen molar-refractivity contribution in [1.82, 2.24) is 0 Å². The Morgan fingerprint density at radius 3 is 1.62 bits per heavy atom. The number of ether oxygens (including phenoxy) is 4. The Kier molecular flexibility index (Phi) is 21.5. The van der Waals surface area contributed by atoms with Crippen LogP contribution in [0.1, 0.15) is 105 Å². The lowest BCUT2D eigenvalue weighted by atomic mass is 9.79. The molecule has 1 atom stereocenters. The van der Waals surface area contributed by atoms with Crippen LogP contribution in [0.15, 0.2) is 0 Å². The number of unbranched alkanes of at least 4 members (excludes halogenated alkanes) is 9. The van der Waals surface area contributed by atoms with Gasteiger partial charge in [0, 0.05) is 18.6 Å². The van der Waals surface area contributed by atoms with E-state index in [2.05, 4.69) is 6.92 Å². The van der Waals surface area contributed by atoms with Crippen molar-refractivity contribution >= 4 is 7.82 Å². The molecule has 8 nitrogen and oxygen atoms in total. The second kappa shape index (κ2) is 22.7. The minimum atomic E-state index is -3.68. The maximum Gasteiger partial charge on any atom is 0.475 e. The molecular formula is C28H57O8P. The first-order chi connectivity index (χ1) is 18.0. The molecular weight excluding hydrogens is 495 g/mol. The van der Waals surface area contributed by atoms with Crippen LogP contribution in [0.2, 0.25) is 0 Å². The van der Waals surface area contributed by atoms with Crippen molar-refractivity contribution in [3.63, 3.8) is 0 Å². The van der Waals surface area contributed by atoms with Crippen LogP contribution in [0.3, 0.4) is 0 Å². The Labute approximate surface area is 227 Å². The van der Waals surface area contributed by atoms with Crippen LogP contribution in [-0.2, 0) is 37.1 Å². The van der Waals surface area contributed by atoms with Gasteiger partial charge in [-0.25, -0.2) is 4.57 Å². The van der Waals surface area contributed by atoms with Gasteiger partial charge in [0.1, 0.15) is 0 Å². The molecule has 1 aliphatic rings. The largest absolute Gasteiger partial charge is 0.475 e. The van der Waals surface area contributed by atoms with E-state index in [4.69, 9.17) is 32.5 Å². The Balaban J connectivity index is 2.79. The Morgan fingerprint density at radius 1 is 0.676 bits per heavy atom. The Bertz CT molecular complexity index is 538. The van der Waals surface area contributed by atoms with E-state index in [1.54, 1.807) is 13.8 Å². The molecule has 0 radical (unpaired) electrons. The lowest BCUT2D eigenvalue weighted by molar-refractivity contribution is -0.104. The summed E-state index contributed by atoms with van der Waals surface area (Å²) in [6.07, 6.45) is 13.9. The van der Waals surface area contributed by atoms with Crippen LogP contribution in [0.4, 0.5) is 0 Å². The summed E-state index contributed by atoms with van der Waals surface area (Å²) in [5.41, 5.74) is -0.492. The molecule has 0 amide bonds. The summed E-state index contributed by atoms with van der Waals surface area (Å²) >= 11 is 0. The molecule has 0 bridgehead atoms. The lowest BCUT2D eigenvalue weighted by Crippen LogP contribution is -2.44. The van der Waals surface area contributed by atoms with Gasteiger partial charge in [0.05, 0.1) is 59.0 Å². The number of hydrogen-bond donors (Lipinski definition) is 0. The van der Waals surface area contributed by atoms with Gasteiger partial charge in [-0.05, 0) is 33.6 Å². The number of phosphoric acid groups is 1. The molecule has 1 saturated heterocycles. The van der Waals surface area contributed by atoms with Gasteiger partial charge in [0.15, 0.2) is 0 Å². The zero-order valence-electron chi connectivity index (χ0n) is 24.3. The zero-order chi connectivity index (χ0) is 27.1. The van der Waals surface area contributed by atoms with Crippen LogP contribution < -0.4 is 0 Å². The maximum absolute atomic E-state index is 13.2. The first-order valence-electron chi connectivity index (χ1n) is 14.9. The topological polar surface area (TPSA) is 81.7 Å². The molecule has 0 aliphatic carbocycles. The monoisotopic (exact) mass is 552 g/mol. The summed E-state index contributed by atoms with van der Waals surface area (Å²) < 4.78 is 53.7. The standard InChI is InChI=1S/C28H57O8P/c1-5-8-9-10-11-12-13-14-15-16-18-28(27(4)36-37(29,34-6-2)35-7-3)25-32-23-21-30-19-17-20-31-22-24-33-26-28/h27H,5-26H2,1-4H3/t27-/m1/s1. The summed E-state index contributed by atoms with van der Waals surface area (Å²) in [4.78, 5) is 0. The molecule has 37 heavy (non-hydrogen) atoms. The van der Waals surface area contributed by atoms with Gasteiger partial charge < -0.3 is 18.9 Å². The van der Waals surface area contributed by atoms with Gasteiger partial charge in [0.25, 0.3) is 0 Å². The van der Waals surface area contributed by atoms with Gasteiger partial charge in [0.2, 0.25) is 0 Å². The van der Waals surface area contributed by atoms with Crippen LogP contribution in [0.25, 0.3) is 0 Å². The second-order valence-corrected chi connectivity index (χ2v) is 11.6. The number of hydrogen-bond acceptors (Lipinski definition) is 8. The van der Waals surface area contributed by atoms with Crippen molar-refractivity contribution in [2.24, 2.45) is 5.41 Å². The van der Waals surface area contributed by atoms with Crippen molar-refractivity contribution < 1.29 is 37.1 Å². The minimum Gasteiger partial charge on any atom is -0.379 e. The fourth-order valence-electron chi connectivity index (χ4n) is 4.56. The van der Waals surface area contributed by atoms with Crippen molar-refractivity contribution in [2.75, 3.05) is 66.1 Å². The Morgan fingerprint density at radius 2 is 1.14 bits per heavy atom. The summed E-state index contributed by atoms with van der Waals surface area (Å²) in [5, 5.41) is 0. The first kappa shape index (κ1) is 35.0. The van der Waals surface area contributed by atoms with E-state index in [0.717, 1.165) is 25.7 Å². The highest BCUT2D eigenvalue weighted by molar-refractivity contribution is 7.48. The van der Waals surface area contributed by atoms with Gasteiger partial charge in [-0.3, -0.25) is 13.6 Å². The molecule has 9 heteroatoms. The van der Waals surface area contributed by atoms with E-state index in [0.29, 0.717) is 52.9 Å². The normalized spacial score (nSPS) is 19.4. The smallest absolute Gasteiger partial charge is 0.379 e. The quantitative estimate of drug-likeness (QED) is 0.129. The van der Waals surface area contributed by atoms with Crippen molar-refractivity contribution in [2.45, 2.75) is 111 Å². The fourth-order valence-corrected chi connectivity index (χ4v) is 6.00. The van der Waals surface area contributed by atoms with Gasteiger partial charge >= 0.3 is 7.82 Å². The molecule has 1 aliphatic heterocycles. The van der Waals surface area contributed by atoms with Crippen LogP contribution in [0.5, 0.6) is 0 Å². The van der Waals surface area contributed by atoms with Gasteiger partial charge in [-0.15, -0.1) is 0 Å². The summed E-state index contributed by atoms with van der Waals surface area (Å²) in [6.45, 7) is 12.4.